The minimum atomic E-state index is -0.690. The lowest BCUT2D eigenvalue weighted by Gasteiger charge is -2.44. The molecule has 0 saturated carbocycles. The SMILES string of the molecule is O=C(CCn1cnnn1)N1CCCC12CCCN(Cc1ccccn1)C2=O. The quantitative estimate of drug-likeness (QED) is 0.767. The van der Waals surface area contributed by atoms with Gasteiger partial charge in [0.25, 0.3) is 0 Å². The van der Waals surface area contributed by atoms with Crippen LogP contribution in [-0.4, -0.2) is 65.4 Å². The third kappa shape index (κ3) is 3.41. The molecule has 2 amide bonds. The van der Waals surface area contributed by atoms with E-state index in [0.717, 1.165) is 31.4 Å². The van der Waals surface area contributed by atoms with Gasteiger partial charge in [-0.2, -0.15) is 0 Å². The smallest absolute Gasteiger partial charge is 0.248 e. The fraction of sp³-hybridized carbons (Fsp3) is 0.556. The van der Waals surface area contributed by atoms with E-state index in [1.165, 1.54) is 11.0 Å². The predicted molar refractivity (Wildman–Crippen MR) is 95.0 cm³/mol. The Morgan fingerprint density at radius 1 is 1.19 bits per heavy atom. The Bertz CT molecular complexity index is 795. The number of amides is 2. The number of likely N-dealkylation sites (tertiary alicyclic amines) is 2. The molecule has 2 aliphatic heterocycles. The molecule has 0 aromatic carbocycles. The van der Waals surface area contributed by atoms with Crippen molar-refractivity contribution in [2.45, 2.75) is 50.7 Å². The molecule has 4 heterocycles. The highest BCUT2D eigenvalue weighted by Crippen LogP contribution is 2.39. The van der Waals surface area contributed by atoms with Gasteiger partial charge in [-0.3, -0.25) is 14.6 Å². The van der Waals surface area contributed by atoms with Crippen molar-refractivity contribution in [3.05, 3.63) is 36.4 Å². The van der Waals surface area contributed by atoms with Crippen LogP contribution < -0.4 is 0 Å². The topological polar surface area (TPSA) is 97.1 Å². The summed E-state index contributed by atoms with van der Waals surface area (Å²) in [7, 11) is 0. The maximum atomic E-state index is 13.4. The van der Waals surface area contributed by atoms with E-state index in [4.69, 9.17) is 0 Å². The van der Waals surface area contributed by atoms with E-state index < -0.39 is 5.54 Å². The van der Waals surface area contributed by atoms with E-state index in [2.05, 4.69) is 20.5 Å². The number of carbonyl (C=O) groups is 2. The summed E-state index contributed by atoms with van der Waals surface area (Å²) in [5, 5.41) is 11.0. The van der Waals surface area contributed by atoms with Crippen molar-refractivity contribution in [2.75, 3.05) is 13.1 Å². The fourth-order valence-electron chi connectivity index (χ4n) is 4.26. The lowest BCUT2D eigenvalue weighted by Crippen LogP contribution is -2.61. The molecule has 0 radical (unpaired) electrons. The highest BCUT2D eigenvalue weighted by molar-refractivity contribution is 5.92. The van der Waals surface area contributed by atoms with Gasteiger partial charge in [-0.1, -0.05) is 6.07 Å². The minimum Gasteiger partial charge on any atom is -0.335 e. The van der Waals surface area contributed by atoms with E-state index in [1.807, 2.05) is 28.0 Å². The first-order valence-electron chi connectivity index (χ1n) is 9.40. The van der Waals surface area contributed by atoms with Crippen LogP contribution in [0.4, 0.5) is 0 Å². The van der Waals surface area contributed by atoms with E-state index in [-0.39, 0.29) is 11.8 Å². The highest BCUT2D eigenvalue weighted by atomic mass is 16.2. The van der Waals surface area contributed by atoms with Gasteiger partial charge < -0.3 is 9.80 Å². The van der Waals surface area contributed by atoms with Gasteiger partial charge in [0, 0.05) is 25.7 Å². The van der Waals surface area contributed by atoms with Crippen LogP contribution in [0.15, 0.2) is 30.7 Å². The molecule has 0 aliphatic carbocycles. The van der Waals surface area contributed by atoms with Crippen molar-refractivity contribution in [2.24, 2.45) is 0 Å². The molecule has 2 aromatic rings. The normalized spacial score (nSPS) is 22.6. The molecule has 2 fully saturated rings. The molecule has 9 heteroatoms. The molecule has 2 saturated heterocycles. The molecular weight excluding hydrogens is 346 g/mol. The monoisotopic (exact) mass is 369 g/mol. The third-order valence-electron chi connectivity index (χ3n) is 5.52. The number of aromatic nitrogens is 5. The molecule has 0 bridgehead atoms. The van der Waals surface area contributed by atoms with Crippen molar-refractivity contribution < 1.29 is 9.59 Å². The van der Waals surface area contributed by atoms with E-state index >= 15 is 0 Å². The van der Waals surface area contributed by atoms with E-state index in [0.29, 0.717) is 32.6 Å². The van der Waals surface area contributed by atoms with Gasteiger partial charge in [0.1, 0.15) is 11.9 Å². The number of nitrogens with zero attached hydrogens (tertiary/aromatic N) is 7. The first kappa shape index (κ1) is 17.6. The van der Waals surface area contributed by atoms with Crippen molar-refractivity contribution in [3.63, 3.8) is 0 Å². The van der Waals surface area contributed by atoms with Gasteiger partial charge in [0.15, 0.2) is 0 Å². The van der Waals surface area contributed by atoms with Crippen molar-refractivity contribution in [1.82, 2.24) is 35.0 Å². The van der Waals surface area contributed by atoms with Crippen LogP contribution in [0.1, 0.15) is 37.8 Å². The van der Waals surface area contributed by atoms with Gasteiger partial charge in [0.05, 0.1) is 18.8 Å². The summed E-state index contributed by atoms with van der Waals surface area (Å²) in [6.07, 6.45) is 6.76. The number of aryl methyl sites for hydroxylation is 1. The molecule has 4 rings (SSSR count). The number of tetrazole rings is 1. The zero-order chi connectivity index (χ0) is 18.7. The van der Waals surface area contributed by atoms with Gasteiger partial charge in [-0.05, 0) is 48.2 Å². The Hall–Kier alpha value is -2.84. The number of pyridine rings is 1. The van der Waals surface area contributed by atoms with Gasteiger partial charge in [-0.15, -0.1) is 5.10 Å². The standard InChI is InChI=1S/C18H23N7O2/c26-16(6-12-24-14-20-21-22-24)25-11-4-8-18(25)7-3-10-23(17(18)27)13-15-5-1-2-9-19-15/h1-2,5,9,14H,3-4,6-8,10-13H2. The Labute approximate surface area is 157 Å². The zero-order valence-corrected chi connectivity index (χ0v) is 15.2. The fourth-order valence-corrected chi connectivity index (χ4v) is 4.26. The maximum absolute atomic E-state index is 13.4. The van der Waals surface area contributed by atoms with Crippen LogP contribution in [0.5, 0.6) is 0 Å². The molecule has 27 heavy (non-hydrogen) atoms. The second-order valence-electron chi connectivity index (χ2n) is 7.15. The van der Waals surface area contributed by atoms with Crippen LogP contribution in [-0.2, 0) is 22.7 Å². The molecular formula is C18H23N7O2. The Morgan fingerprint density at radius 2 is 2.04 bits per heavy atom. The number of carbonyl (C=O) groups excluding carboxylic acids is 2. The van der Waals surface area contributed by atoms with E-state index in [1.54, 1.807) is 6.20 Å². The number of hydrogen-bond donors (Lipinski definition) is 0. The molecule has 2 aliphatic rings. The summed E-state index contributed by atoms with van der Waals surface area (Å²) in [5.41, 5.74) is 0.183. The second-order valence-corrected chi connectivity index (χ2v) is 7.15. The maximum Gasteiger partial charge on any atom is 0.248 e. The lowest BCUT2D eigenvalue weighted by atomic mass is 9.85. The third-order valence-corrected chi connectivity index (χ3v) is 5.52. The van der Waals surface area contributed by atoms with Crippen molar-refractivity contribution in [1.29, 1.82) is 0 Å². The zero-order valence-electron chi connectivity index (χ0n) is 15.2. The number of rotatable bonds is 5. The van der Waals surface area contributed by atoms with Crippen molar-refractivity contribution >= 4 is 11.8 Å². The van der Waals surface area contributed by atoms with E-state index in [9.17, 15) is 9.59 Å². The predicted octanol–water partition coefficient (Wildman–Crippen LogP) is 0.642. The Morgan fingerprint density at radius 3 is 2.78 bits per heavy atom. The summed E-state index contributed by atoms with van der Waals surface area (Å²) in [6.45, 7) is 2.26. The highest BCUT2D eigenvalue weighted by Gasteiger charge is 2.52. The number of hydrogen-bond acceptors (Lipinski definition) is 6. The van der Waals surface area contributed by atoms with Gasteiger partial charge in [-0.25, -0.2) is 4.68 Å². The van der Waals surface area contributed by atoms with Gasteiger partial charge in [0.2, 0.25) is 11.8 Å². The van der Waals surface area contributed by atoms with Crippen LogP contribution in [0.25, 0.3) is 0 Å². The first-order chi connectivity index (χ1) is 13.2. The Kier molecular flexibility index (Phi) is 4.83. The van der Waals surface area contributed by atoms with Crippen LogP contribution >= 0.6 is 0 Å². The molecule has 0 N–H and O–H groups in total. The number of piperidine rings is 1. The van der Waals surface area contributed by atoms with Crippen LogP contribution in [0, 0.1) is 0 Å². The molecule has 1 atom stereocenters. The summed E-state index contributed by atoms with van der Waals surface area (Å²) in [6, 6.07) is 5.72. The van der Waals surface area contributed by atoms with Gasteiger partial charge >= 0.3 is 0 Å². The average Bonchev–Trinajstić information content (AvgIpc) is 3.35. The molecule has 142 valence electrons. The molecule has 9 nitrogen and oxygen atoms in total. The average molecular weight is 369 g/mol. The van der Waals surface area contributed by atoms with Crippen LogP contribution in [0.3, 0.4) is 0 Å². The largest absolute Gasteiger partial charge is 0.335 e. The summed E-state index contributed by atoms with van der Waals surface area (Å²) in [5.74, 6) is 0.0590. The minimum absolute atomic E-state index is 0.00367. The second kappa shape index (κ2) is 7.42. The summed E-state index contributed by atoms with van der Waals surface area (Å²) in [4.78, 5) is 34.3. The molecule has 1 spiro atoms. The Balaban J connectivity index is 1.47. The van der Waals surface area contributed by atoms with Crippen LogP contribution in [0.2, 0.25) is 0 Å². The molecule has 2 aromatic heterocycles. The summed E-state index contributed by atoms with van der Waals surface area (Å²) < 4.78 is 1.54. The summed E-state index contributed by atoms with van der Waals surface area (Å²) >= 11 is 0. The molecule has 1 unspecified atom stereocenters. The van der Waals surface area contributed by atoms with Crippen molar-refractivity contribution in [3.8, 4) is 0 Å². The first-order valence-corrected chi connectivity index (χ1v) is 9.40. The lowest BCUT2D eigenvalue weighted by molar-refractivity contribution is -0.156.